The smallest absolute Gasteiger partial charge is 0.335 e. The molecule has 0 aliphatic rings. The summed E-state index contributed by atoms with van der Waals surface area (Å²) in [6, 6.07) is 9.69. The summed E-state index contributed by atoms with van der Waals surface area (Å²) in [5.74, 6) is -0.410. The molecule has 0 aliphatic carbocycles. The Morgan fingerprint density at radius 1 is 1.33 bits per heavy atom. The molecule has 2 rings (SSSR count). The number of aromatic carboxylic acids is 1. The number of aromatic nitrogens is 1. The Morgan fingerprint density at radius 2 is 2.11 bits per heavy atom. The van der Waals surface area contributed by atoms with Crippen molar-refractivity contribution in [2.45, 2.75) is 0 Å². The van der Waals surface area contributed by atoms with Crippen LogP contribution in [0, 0.1) is 0 Å². The van der Waals surface area contributed by atoms with Crippen LogP contribution in [-0.4, -0.2) is 16.1 Å². The predicted octanol–water partition coefficient (Wildman–Crippen LogP) is 3.99. The molecule has 0 saturated carbocycles. The summed E-state index contributed by atoms with van der Waals surface area (Å²) in [6.45, 7) is 0. The number of benzene rings is 1. The van der Waals surface area contributed by atoms with Crippen molar-refractivity contribution in [1.29, 1.82) is 0 Å². The average Bonchev–Trinajstić information content (AvgIpc) is 2.28. The Labute approximate surface area is 116 Å². The maximum absolute atomic E-state index is 10.9. The van der Waals surface area contributed by atoms with Crippen molar-refractivity contribution in [3.8, 4) is 11.6 Å². The van der Waals surface area contributed by atoms with Crippen molar-refractivity contribution in [3.05, 3.63) is 51.6 Å². The van der Waals surface area contributed by atoms with E-state index in [4.69, 9.17) is 21.4 Å². The summed E-state index contributed by atoms with van der Waals surface area (Å²) in [4.78, 5) is 14.8. The standard InChI is InChI=1S/C12H7BrClNO3/c13-8-2-1-3-9(6-8)18-11-5-7(12(16)17)4-10(14)15-11/h1-6H,(H,16,17). The molecule has 0 bridgehead atoms. The number of carboxylic acids is 1. The molecule has 6 heteroatoms. The molecule has 0 atom stereocenters. The van der Waals surface area contributed by atoms with E-state index in [0.717, 1.165) is 4.47 Å². The zero-order valence-electron chi connectivity index (χ0n) is 8.93. The van der Waals surface area contributed by atoms with Gasteiger partial charge in [0.15, 0.2) is 0 Å². The topological polar surface area (TPSA) is 59.4 Å². The molecule has 1 N–H and O–H groups in total. The van der Waals surface area contributed by atoms with Gasteiger partial charge >= 0.3 is 5.97 Å². The Balaban J connectivity index is 2.31. The molecule has 2 aromatic rings. The Kier molecular flexibility index (Phi) is 3.84. The van der Waals surface area contributed by atoms with E-state index < -0.39 is 5.97 Å². The van der Waals surface area contributed by atoms with Gasteiger partial charge in [0.25, 0.3) is 0 Å². The van der Waals surface area contributed by atoms with E-state index in [1.54, 1.807) is 18.2 Å². The highest BCUT2D eigenvalue weighted by Gasteiger charge is 2.09. The van der Waals surface area contributed by atoms with E-state index in [1.165, 1.54) is 12.1 Å². The van der Waals surface area contributed by atoms with Crippen LogP contribution in [0.1, 0.15) is 10.4 Å². The van der Waals surface area contributed by atoms with Gasteiger partial charge in [0.1, 0.15) is 10.9 Å². The molecular weight excluding hydrogens is 321 g/mol. The van der Waals surface area contributed by atoms with Gasteiger partial charge in [-0.1, -0.05) is 33.6 Å². The SMILES string of the molecule is O=C(O)c1cc(Cl)nc(Oc2cccc(Br)c2)c1. The molecule has 18 heavy (non-hydrogen) atoms. The molecule has 0 unspecified atom stereocenters. The maximum atomic E-state index is 10.9. The lowest BCUT2D eigenvalue weighted by molar-refractivity contribution is 0.0696. The first-order chi connectivity index (χ1) is 8.54. The second kappa shape index (κ2) is 5.37. The van der Waals surface area contributed by atoms with E-state index in [0.29, 0.717) is 5.75 Å². The highest BCUT2D eigenvalue weighted by atomic mass is 79.9. The summed E-state index contributed by atoms with van der Waals surface area (Å²) in [5, 5.41) is 8.96. The molecule has 1 heterocycles. The van der Waals surface area contributed by atoms with Crippen molar-refractivity contribution < 1.29 is 14.6 Å². The fourth-order valence-electron chi connectivity index (χ4n) is 1.30. The summed E-state index contributed by atoms with van der Waals surface area (Å²) >= 11 is 9.03. The number of carboxylic acid groups (broad SMARTS) is 1. The van der Waals surface area contributed by atoms with E-state index in [2.05, 4.69) is 20.9 Å². The number of pyridine rings is 1. The number of carbonyl (C=O) groups is 1. The number of hydrogen-bond acceptors (Lipinski definition) is 3. The number of hydrogen-bond donors (Lipinski definition) is 1. The Bertz CT molecular complexity index is 604. The van der Waals surface area contributed by atoms with E-state index in [9.17, 15) is 4.79 Å². The first kappa shape index (κ1) is 12.9. The quantitative estimate of drug-likeness (QED) is 0.866. The van der Waals surface area contributed by atoms with Gasteiger partial charge in [-0.2, -0.15) is 0 Å². The Morgan fingerprint density at radius 3 is 2.78 bits per heavy atom. The Hall–Kier alpha value is -1.59. The summed E-state index contributed by atoms with van der Waals surface area (Å²) in [6.07, 6.45) is 0. The van der Waals surface area contributed by atoms with Crippen LogP contribution in [0.2, 0.25) is 5.15 Å². The summed E-state index contributed by atoms with van der Waals surface area (Å²) < 4.78 is 6.29. The molecule has 4 nitrogen and oxygen atoms in total. The third-order valence-electron chi connectivity index (χ3n) is 2.04. The molecule has 1 aromatic heterocycles. The zero-order chi connectivity index (χ0) is 13.1. The lowest BCUT2D eigenvalue weighted by Crippen LogP contribution is -1.98. The number of halogens is 2. The first-order valence-electron chi connectivity index (χ1n) is 4.89. The number of rotatable bonds is 3. The van der Waals surface area contributed by atoms with Gasteiger partial charge in [-0.3, -0.25) is 0 Å². The van der Waals surface area contributed by atoms with Crippen molar-refractivity contribution in [3.63, 3.8) is 0 Å². The second-order valence-corrected chi connectivity index (χ2v) is 4.68. The van der Waals surface area contributed by atoms with Crippen LogP contribution in [0.25, 0.3) is 0 Å². The van der Waals surface area contributed by atoms with Crippen molar-refractivity contribution in [2.24, 2.45) is 0 Å². The van der Waals surface area contributed by atoms with Crippen LogP contribution >= 0.6 is 27.5 Å². The van der Waals surface area contributed by atoms with Crippen LogP contribution in [0.4, 0.5) is 0 Å². The van der Waals surface area contributed by atoms with Crippen molar-refractivity contribution in [1.82, 2.24) is 4.98 Å². The van der Waals surface area contributed by atoms with E-state index in [-0.39, 0.29) is 16.6 Å². The minimum absolute atomic E-state index is 0.0278. The van der Waals surface area contributed by atoms with Gasteiger partial charge < -0.3 is 9.84 Å². The predicted molar refractivity (Wildman–Crippen MR) is 70.4 cm³/mol. The molecular formula is C12H7BrClNO3. The minimum Gasteiger partial charge on any atom is -0.478 e. The molecule has 0 saturated heterocycles. The fourth-order valence-corrected chi connectivity index (χ4v) is 1.88. The van der Waals surface area contributed by atoms with Gasteiger partial charge in [0.2, 0.25) is 5.88 Å². The second-order valence-electron chi connectivity index (χ2n) is 3.38. The molecule has 0 aliphatic heterocycles. The van der Waals surface area contributed by atoms with Crippen LogP contribution in [0.15, 0.2) is 40.9 Å². The zero-order valence-corrected chi connectivity index (χ0v) is 11.3. The normalized spacial score (nSPS) is 10.1. The summed E-state index contributed by atoms with van der Waals surface area (Å²) in [5.41, 5.74) is 0.0278. The molecule has 92 valence electrons. The average molecular weight is 329 g/mol. The van der Waals surface area contributed by atoms with Crippen LogP contribution in [0.3, 0.4) is 0 Å². The third-order valence-corrected chi connectivity index (χ3v) is 2.72. The van der Waals surface area contributed by atoms with Gasteiger partial charge in [-0.25, -0.2) is 9.78 Å². The van der Waals surface area contributed by atoms with E-state index >= 15 is 0 Å². The van der Waals surface area contributed by atoms with Crippen LogP contribution in [-0.2, 0) is 0 Å². The van der Waals surface area contributed by atoms with Gasteiger partial charge in [-0.15, -0.1) is 0 Å². The largest absolute Gasteiger partial charge is 0.478 e. The van der Waals surface area contributed by atoms with Gasteiger partial charge in [-0.05, 0) is 24.3 Å². The van der Waals surface area contributed by atoms with Crippen molar-refractivity contribution >= 4 is 33.5 Å². The number of nitrogens with zero attached hydrogens (tertiary/aromatic N) is 1. The number of ether oxygens (including phenoxy) is 1. The molecule has 0 amide bonds. The first-order valence-corrected chi connectivity index (χ1v) is 6.06. The molecule has 0 radical (unpaired) electrons. The highest BCUT2D eigenvalue weighted by molar-refractivity contribution is 9.10. The lowest BCUT2D eigenvalue weighted by Gasteiger charge is -2.06. The highest BCUT2D eigenvalue weighted by Crippen LogP contribution is 2.25. The monoisotopic (exact) mass is 327 g/mol. The van der Waals surface area contributed by atoms with Crippen molar-refractivity contribution in [2.75, 3.05) is 0 Å². The van der Waals surface area contributed by atoms with Gasteiger partial charge in [0.05, 0.1) is 5.56 Å². The summed E-state index contributed by atoms with van der Waals surface area (Å²) in [7, 11) is 0. The van der Waals surface area contributed by atoms with E-state index in [1.807, 2.05) is 6.07 Å². The third kappa shape index (κ3) is 3.21. The molecule has 0 spiro atoms. The fraction of sp³-hybridized carbons (Fsp3) is 0. The molecule has 1 aromatic carbocycles. The maximum Gasteiger partial charge on any atom is 0.335 e. The van der Waals surface area contributed by atoms with Gasteiger partial charge in [0, 0.05) is 10.5 Å². The lowest BCUT2D eigenvalue weighted by atomic mass is 10.3. The van der Waals surface area contributed by atoms with Crippen LogP contribution in [0.5, 0.6) is 11.6 Å². The minimum atomic E-state index is -1.08. The molecule has 0 fully saturated rings. The van der Waals surface area contributed by atoms with Crippen LogP contribution < -0.4 is 4.74 Å².